The zero-order valence-corrected chi connectivity index (χ0v) is 32.4. The summed E-state index contributed by atoms with van der Waals surface area (Å²) in [7, 11) is -0.894. The predicted octanol–water partition coefficient (Wildman–Crippen LogP) is 6.67. The number of phenolic OH excluding ortho intramolecular Hbond substituents is 1. The Balaban J connectivity index is 1.62. The maximum Gasteiger partial charge on any atom is 0.246 e. The van der Waals surface area contributed by atoms with Crippen LogP contribution < -0.4 is 24.2 Å². The van der Waals surface area contributed by atoms with E-state index >= 15 is 0 Å². The molecule has 5 aromatic rings. The second-order valence-corrected chi connectivity index (χ2v) is 14.9. The number of carbonyl (C=O) groups is 1. The molecule has 0 saturated heterocycles. The van der Waals surface area contributed by atoms with Crippen molar-refractivity contribution in [3.63, 3.8) is 0 Å². The van der Waals surface area contributed by atoms with Crippen LogP contribution in [-0.2, 0) is 34.1 Å². The molecule has 12 nitrogen and oxygen atoms in total. The Morgan fingerprint density at radius 2 is 1.48 bits per heavy atom. The van der Waals surface area contributed by atoms with Crippen molar-refractivity contribution in [1.82, 2.24) is 15.2 Å². The van der Waals surface area contributed by atoms with Gasteiger partial charge in [-0.3, -0.25) is 4.79 Å². The van der Waals surface area contributed by atoms with Gasteiger partial charge < -0.3 is 34.3 Å². The van der Waals surface area contributed by atoms with Gasteiger partial charge in [-0.1, -0.05) is 23.4 Å². The number of aliphatic hydroxyl groups is 1. The number of nitrogens with one attached hydrogen (secondary N) is 2. The van der Waals surface area contributed by atoms with E-state index in [-0.39, 0.29) is 34.4 Å². The normalized spacial score (nSPS) is 12.0. The van der Waals surface area contributed by atoms with E-state index in [0.29, 0.717) is 48.0 Å². The number of hydrogen-bond acceptors (Lipinski definition) is 10. The number of carbonyl (C=O) groups excluding carboxylic acids is 1. The van der Waals surface area contributed by atoms with Gasteiger partial charge in [-0.15, -0.1) is 0 Å². The van der Waals surface area contributed by atoms with E-state index < -0.39 is 22.7 Å². The monoisotopic (exact) mass is 757 g/mol. The van der Waals surface area contributed by atoms with Crippen LogP contribution in [0.1, 0.15) is 56.8 Å². The molecule has 1 atom stereocenters. The number of phenols is 1. The first-order valence-electron chi connectivity index (χ1n) is 17.5. The van der Waals surface area contributed by atoms with E-state index in [1.54, 1.807) is 45.3 Å². The van der Waals surface area contributed by atoms with Gasteiger partial charge in [-0.2, -0.15) is 0 Å². The Hall–Kier alpha value is -5.37. The lowest BCUT2D eigenvalue weighted by Crippen LogP contribution is -2.39. The van der Waals surface area contributed by atoms with Gasteiger partial charge in [0.15, 0.2) is 5.76 Å². The number of nitrogens with zero attached hydrogens (tertiary/aromatic N) is 1. The Kier molecular flexibility index (Phi) is 12.7. The van der Waals surface area contributed by atoms with Crippen LogP contribution in [-0.4, -0.2) is 56.5 Å². The lowest BCUT2D eigenvalue weighted by atomic mass is 9.88. The number of aliphatic hydroxyl groups excluding tert-OH is 1. The van der Waals surface area contributed by atoms with Crippen molar-refractivity contribution < 1.29 is 42.2 Å². The molecule has 1 heterocycles. The molecule has 0 saturated carbocycles. The third-order valence-electron chi connectivity index (χ3n) is 9.21. The van der Waals surface area contributed by atoms with Gasteiger partial charge in [0, 0.05) is 25.9 Å². The van der Waals surface area contributed by atoms with Crippen LogP contribution in [0.15, 0.2) is 76.1 Å². The summed E-state index contributed by atoms with van der Waals surface area (Å²) in [4.78, 5) is 12.2. The van der Waals surface area contributed by atoms with Gasteiger partial charge in [0.25, 0.3) is 0 Å². The van der Waals surface area contributed by atoms with Crippen molar-refractivity contribution >= 4 is 15.9 Å². The molecule has 1 aromatic heterocycles. The highest BCUT2D eigenvalue weighted by Gasteiger charge is 2.28. The lowest BCUT2D eigenvalue weighted by Gasteiger charge is -2.24. The smallest absolute Gasteiger partial charge is 0.246 e. The van der Waals surface area contributed by atoms with Crippen LogP contribution >= 0.6 is 0 Å². The van der Waals surface area contributed by atoms with E-state index in [2.05, 4.69) is 15.2 Å². The molecule has 5 rings (SSSR count). The largest absolute Gasteiger partial charge is 0.508 e. The number of benzene rings is 4. The number of sulfonamides is 1. The zero-order valence-electron chi connectivity index (χ0n) is 31.6. The number of aromatic nitrogens is 1. The van der Waals surface area contributed by atoms with Crippen molar-refractivity contribution in [3.8, 4) is 34.5 Å². The minimum atomic E-state index is -4.10. The number of aromatic hydroxyl groups is 1. The summed E-state index contributed by atoms with van der Waals surface area (Å²) in [5.74, 6) is 3.23. The van der Waals surface area contributed by atoms with Gasteiger partial charge >= 0.3 is 0 Å². The van der Waals surface area contributed by atoms with E-state index in [4.69, 9.17) is 18.7 Å². The van der Waals surface area contributed by atoms with Crippen LogP contribution in [0.5, 0.6) is 34.5 Å². The minimum absolute atomic E-state index is 0.0597. The van der Waals surface area contributed by atoms with Gasteiger partial charge in [0.05, 0.1) is 13.7 Å². The number of rotatable bonds is 16. The third-order valence-corrected chi connectivity index (χ3v) is 11.0. The summed E-state index contributed by atoms with van der Waals surface area (Å²) >= 11 is 0. The van der Waals surface area contributed by atoms with Gasteiger partial charge in [-0.05, 0) is 135 Å². The first kappa shape index (κ1) is 39.8. The second kappa shape index (κ2) is 17.2. The standard InChI is InChI=1S/C41H47N3O9S/c1-24-18-29(8-17-38(47)42-6)20-31(40(24)52-36-15-13-34(50-7)14-16-36)22-37-26(3)39(51-35-11-9-33(46)10-12-35)25(2)19-30(37)21-32(23-45)44-54(48,49)41-27(4)43-53-28(41)5/h9-16,18-20,32,44-46H,8,17,21-23H2,1-7H3,(H,42,47). The van der Waals surface area contributed by atoms with E-state index in [0.717, 1.165) is 38.9 Å². The van der Waals surface area contributed by atoms with Crippen LogP contribution in [0, 0.1) is 34.6 Å². The molecule has 1 amide bonds. The molecular formula is C41H47N3O9S. The minimum Gasteiger partial charge on any atom is -0.508 e. The number of methoxy groups -OCH3 is 1. The molecule has 0 aliphatic carbocycles. The highest BCUT2D eigenvalue weighted by atomic mass is 32.2. The van der Waals surface area contributed by atoms with Gasteiger partial charge in [0.2, 0.25) is 15.9 Å². The number of aryl methyl sites for hydroxylation is 5. The first-order valence-corrected chi connectivity index (χ1v) is 19.0. The van der Waals surface area contributed by atoms with E-state index in [9.17, 15) is 23.4 Å². The van der Waals surface area contributed by atoms with Gasteiger partial charge in [0.1, 0.15) is 45.1 Å². The van der Waals surface area contributed by atoms with E-state index in [1.807, 2.05) is 63.2 Å². The third kappa shape index (κ3) is 9.40. The molecule has 54 heavy (non-hydrogen) atoms. The summed E-state index contributed by atoms with van der Waals surface area (Å²) in [5.41, 5.74) is 6.07. The molecule has 0 aliphatic heterocycles. The van der Waals surface area contributed by atoms with Crippen molar-refractivity contribution in [2.24, 2.45) is 0 Å². The summed E-state index contributed by atoms with van der Waals surface area (Å²) in [6, 6.07) is 18.8. The van der Waals surface area contributed by atoms with E-state index in [1.165, 1.54) is 6.92 Å². The van der Waals surface area contributed by atoms with Gasteiger partial charge in [-0.25, -0.2) is 13.1 Å². The molecule has 13 heteroatoms. The summed E-state index contributed by atoms with van der Waals surface area (Å²) in [5, 5.41) is 26.9. The van der Waals surface area contributed by atoms with Crippen molar-refractivity contribution in [3.05, 3.63) is 117 Å². The maximum atomic E-state index is 13.5. The maximum absolute atomic E-state index is 13.5. The van der Waals surface area contributed by atoms with Crippen LogP contribution in [0.3, 0.4) is 0 Å². The first-order chi connectivity index (χ1) is 25.7. The molecule has 286 valence electrons. The number of amides is 1. The quantitative estimate of drug-likeness (QED) is 0.0853. The fourth-order valence-corrected chi connectivity index (χ4v) is 8.09. The topological polar surface area (TPSA) is 169 Å². The van der Waals surface area contributed by atoms with Crippen LogP contribution in [0.2, 0.25) is 0 Å². The predicted molar refractivity (Wildman–Crippen MR) is 204 cm³/mol. The Morgan fingerprint density at radius 3 is 2.07 bits per heavy atom. The molecule has 0 bridgehead atoms. The average Bonchev–Trinajstić information content (AvgIpc) is 3.50. The van der Waals surface area contributed by atoms with Crippen LogP contribution in [0.25, 0.3) is 0 Å². The van der Waals surface area contributed by atoms with Crippen LogP contribution in [0.4, 0.5) is 0 Å². The zero-order chi connectivity index (χ0) is 39.2. The fourth-order valence-electron chi connectivity index (χ4n) is 6.54. The Morgan fingerprint density at radius 1 is 0.870 bits per heavy atom. The molecule has 0 fully saturated rings. The molecule has 0 aliphatic rings. The number of hydrogen-bond donors (Lipinski definition) is 4. The SMILES string of the molecule is CNC(=O)CCc1cc(C)c(Oc2ccc(OC)cc2)c(Cc2c(CC(CO)NS(=O)(=O)c3c(C)noc3C)cc(C)c(Oc3ccc(O)cc3)c2C)c1. The Labute approximate surface area is 316 Å². The van der Waals surface area contributed by atoms with Crippen molar-refractivity contribution in [2.75, 3.05) is 20.8 Å². The average molecular weight is 758 g/mol. The summed E-state index contributed by atoms with van der Waals surface area (Å²) in [6.07, 6.45) is 1.28. The van der Waals surface area contributed by atoms with Crippen molar-refractivity contribution in [2.45, 2.75) is 71.2 Å². The molecular weight excluding hydrogens is 711 g/mol. The highest BCUT2D eigenvalue weighted by molar-refractivity contribution is 7.89. The van der Waals surface area contributed by atoms with Crippen molar-refractivity contribution in [1.29, 1.82) is 0 Å². The molecule has 0 spiro atoms. The second-order valence-electron chi connectivity index (χ2n) is 13.3. The highest BCUT2D eigenvalue weighted by Crippen LogP contribution is 2.39. The Bertz CT molecular complexity index is 2190. The fraction of sp³-hybridized carbons (Fsp3) is 0.317. The molecule has 0 radical (unpaired) electrons. The lowest BCUT2D eigenvalue weighted by molar-refractivity contribution is -0.120. The molecule has 4 aromatic carbocycles. The summed E-state index contributed by atoms with van der Waals surface area (Å²) < 4.78 is 53.2. The molecule has 1 unspecified atom stereocenters. The molecule has 4 N–H and O–H groups in total. The number of ether oxygens (including phenoxy) is 3. The summed E-state index contributed by atoms with van der Waals surface area (Å²) in [6.45, 7) is 8.39.